The first-order valence-electron chi connectivity index (χ1n) is 9.82. The van der Waals surface area contributed by atoms with Crippen molar-refractivity contribution in [1.29, 1.82) is 0 Å². The Balaban J connectivity index is 1.63. The highest BCUT2D eigenvalue weighted by atomic mass is 16.5. The molecule has 4 rings (SSSR count). The van der Waals surface area contributed by atoms with Gasteiger partial charge in [-0.25, -0.2) is 4.68 Å². The number of aromatic nitrogens is 5. The molecule has 0 aliphatic heterocycles. The van der Waals surface area contributed by atoms with Crippen LogP contribution in [0, 0.1) is 0 Å². The van der Waals surface area contributed by atoms with Crippen molar-refractivity contribution in [2.24, 2.45) is 0 Å². The Kier molecular flexibility index (Phi) is 5.98. The number of hydrogen-bond acceptors (Lipinski definition) is 6. The van der Waals surface area contributed by atoms with E-state index < -0.39 is 0 Å². The third-order valence-corrected chi connectivity index (χ3v) is 4.98. The zero-order chi connectivity index (χ0) is 21.6. The number of nitrogens with zero attached hydrogens (tertiary/aromatic N) is 6. The van der Waals surface area contributed by atoms with Gasteiger partial charge in [0.25, 0.3) is 5.91 Å². The topological polar surface area (TPSA) is 86.0 Å². The van der Waals surface area contributed by atoms with Crippen LogP contribution >= 0.6 is 0 Å². The summed E-state index contributed by atoms with van der Waals surface area (Å²) in [5.41, 5.74) is 4.06. The standard InChI is InChI=1S/C23H22N6O2/c1-28(12-10-20-5-3-4-11-24-20)23(30)19-13-18(17-6-8-22(31-2)9-7-17)14-21(15-19)29-16-25-26-27-29/h3-9,11,13-16H,10,12H2,1-2H3. The van der Waals surface area contributed by atoms with Gasteiger partial charge in [0.2, 0.25) is 0 Å². The highest BCUT2D eigenvalue weighted by Gasteiger charge is 2.16. The molecular weight excluding hydrogens is 392 g/mol. The molecule has 0 aliphatic carbocycles. The van der Waals surface area contributed by atoms with Crippen molar-refractivity contribution in [2.75, 3.05) is 20.7 Å². The Morgan fingerprint density at radius 2 is 1.90 bits per heavy atom. The maximum atomic E-state index is 13.2. The molecule has 31 heavy (non-hydrogen) atoms. The third-order valence-electron chi connectivity index (χ3n) is 4.98. The average molecular weight is 414 g/mol. The Morgan fingerprint density at radius 1 is 1.06 bits per heavy atom. The second-order valence-electron chi connectivity index (χ2n) is 7.05. The summed E-state index contributed by atoms with van der Waals surface area (Å²) in [4.78, 5) is 19.2. The minimum absolute atomic E-state index is 0.0828. The summed E-state index contributed by atoms with van der Waals surface area (Å²) >= 11 is 0. The number of amides is 1. The van der Waals surface area contributed by atoms with Crippen LogP contribution in [0.5, 0.6) is 5.75 Å². The number of ether oxygens (including phenoxy) is 1. The molecule has 0 fully saturated rings. The molecule has 2 aromatic heterocycles. The maximum absolute atomic E-state index is 13.2. The van der Waals surface area contributed by atoms with E-state index in [0.29, 0.717) is 24.2 Å². The molecule has 8 nitrogen and oxygen atoms in total. The minimum Gasteiger partial charge on any atom is -0.497 e. The lowest BCUT2D eigenvalue weighted by atomic mass is 10.0. The summed E-state index contributed by atoms with van der Waals surface area (Å²) < 4.78 is 6.79. The monoisotopic (exact) mass is 414 g/mol. The highest BCUT2D eigenvalue weighted by Crippen LogP contribution is 2.26. The van der Waals surface area contributed by atoms with Gasteiger partial charge in [-0.2, -0.15) is 0 Å². The van der Waals surface area contributed by atoms with Crippen molar-refractivity contribution in [3.63, 3.8) is 0 Å². The third kappa shape index (κ3) is 4.75. The lowest BCUT2D eigenvalue weighted by molar-refractivity contribution is 0.0796. The second-order valence-corrected chi connectivity index (χ2v) is 7.05. The predicted octanol–water partition coefficient (Wildman–Crippen LogP) is 3.05. The SMILES string of the molecule is COc1ccc(-c2cc(C(=O)N(C)CCc3ccccn3)cc(-n3cnnn3)c2)cc1. The first kappa shape index (κ1) is 20.2. The van der Waals surface area contributed by atoms with Crippen molar-refractivity contribution < 1.29 is 9.53 Å². The number of methoxy groups -OCH3 is 1. The first-order chi connectivity index (χ1) is 15.1. The summed E-state index contributed by atoms with van der Waals surface area (Å²) in [6.07, 6.45) is 3.95. The van der Waals surface area contributed by atoms with Gasteiger partial charge in [-0.05, 0) is 64.0 Å². The summed E-state index contributed by atoms with van der Waals surface area (Å²) in [6.45, 7) is 0.558. The fourth-order valence-electron chi connectivity index (χ4n) is 3.25. The molecule has 4 aromatic rings. The molecule has 0 bridgehead atoms. The summed E-state index contributed by atoms with van der Waals surface area (Å²) in [7, 11) is 3.42. The fraction of sp³-hybridized carbons (Fsp3) is 0.174. The van der Waals surface area contributed by atoms with Gasteiger partial charge in [-0.15, -0.1) is 5.10 Å². The van der Waals surface area contributed by atoms with Crippen LogP contribution in [0.25, 0.3) is 16.8 Å². The smallest absolute Gasteiger partial charge is 0.253 e. The van der Waals surface area contributed by atoms with Crippen LogP contribution in [0.2, 0.25) is 0 Å². The largest absolute Gasteiger partial charge is 0.497 e. The predicted molar refractivity (Wildman–Crippen MR) is 116 cm³/mol. The average Bonchev–Trinajstić information content (AvgIpc) is 3.37. The second kappa shape index (κ2) is 9.17. The number of likely N-dealkylation sites (N-methyl/N-ethyl adjacent to an activating group) is 1. The van der Waals surface area contributed by atoms with Crippen molar-refractivity contribution in [1.82, 2.24) is 30.1 Å². The Labute approximate surface area is 180 Å². The normalized spacial score (nSPS) is 10.6. The summed E-state index contributed by atoms with van der Waals surface area (Å²) in [6, 6.07) is 19.1. The molecule has 0 radical (unpaired) electrons. The van der Waals surface area contributed by atoms with Crippen molar-refractivity contribution >= 4 is 5.91 Å². The summed E-state index contributed by atoms with van der Waals surface area (Å²) in [5.74, 6) is 0.687. The summed E-state index contributed by atoms with van der Waals surface area (Å²) in [5, 5.41) is 11.4. The molecule has 0 aliphatic rings. The van der Waals surface area contributed by atoms with Crippen LogP contribution in [0.1, 0.15) is 16.1 Å². The van der Waals surface area contributed by atoms with Gasteiger partial charge in [-0.1, -0.05) is 18.2 Å². The maximum Gasteiger partial charge on any atom is 0.253 e. The van der Waals surface area contributed by atoms with Gasteiger partial charge < -0.3 is 9.64 Å². The number of hydrogen-bond donors (Lipinski definition) is 0. The lowest BCUT2D eigenvalue weighted by Crippen LogP contribution is -2.29. The van der Waals surface area contributed by atoms with E-state index in [9.17, 15) is 4.79 Å². The van der Waals surface area contributed by atoms with E-state index in [4.69, 9.17) is 4.74 Å². The van der Waals surface area contributed by atoms with E-state index in [1.54, 1.807) is 31.3 Å². The number of tetrazole rings is 1. The quantitative estimate of drug-likeness (QED) is 0.462. The number of carbonyl (C=O) groups is 1. The van der Waals surface area contributed by atoms with E-state index >= 15 is 0 Å². The number of benzene rings is 2. The van der Waals surface area contributed by atoms with Crippen LogP contribution in [-0.4, -0.2) is 56.7 Å². The van der Waals surface area contributed by atoms with Crippen molar-refractivity contribution in [2.45, 2.75) is 6.42 Å². The number of carbonyl (C=O) groups excluding carboxylic acids is 1. The van der Waals surface area contributed by atoms with Gasteiger partial charge in [0.15, 0.2) is 0 Å². The van der Waals surface area contributed by atoms with Crippen LogP contribution in [0.3, 0.4) is 0 Å². The van der Waals surface area contributed by atoms with Gasteiger partial charge in [0.1, 0.15) is 12.1 Å². The minimum atomic E-state index is -0.0828. The van der Waals surface area contributed by atoms with Crippen LogP contribution in [-0.2, 0) is 6.42 Å². The number of pyridine rings is 1. The molecule has 0 atom stereocenters. The first-order valence-corrected chi connectivity index (χ1v) is 9.82. The molecule has 0 saturated heterocycles. The molecule has 0 N–H and O–H groups in total. The zero-order valence-electron chi connectivity index (χ0n) is 17.3. The van der Waals surface area contributed by atoms with Crippen molar-refractivity contribution in [3.8, 4) is 22.6 Å². The highest BCUT2D eigenvalue weighted by molar-refractivity contribution is 5.96. The molecule has 0 spiro atoms. The molecule has 0 unspecified atom stereocenters. The van der Waals surface area contributed by atoms with Crippen LogP contribution < -0.4 is 4.74 Å². The van der Waals surface area contributed by atoms with E-state index in [1.165, 1.54) is 11.0 Å². The van der Waals surface area contributed by atoms with E-state index in [2.05, 4.69) is 20.5 Å². The molecule has 156 valence electrons. The lowest BCUT2D eigenvalue weighted by Gasteiger charge is -2.18. The molecular formula is C23H22N6O2. The van der Waals surface area contributed by atoms with E-state index in [1.807, 2.05) is 54.6 Å². The molecule has 2 heterocycles. The number of rotatable bonds is 7. The van der Waals surface area contributed by atoms with E-state index in [0.717, 1.165) is 22.6 Å². The van der Waals surface area contributed by atoms with Crippen molar-refractivity contribution in [3.05, 3.63) is 84.4 Å². The zero-order valence-corrected chi connectivity index (χ0v) is 17.3. The Hall–Kier alpha value is -4.07. The van der Waals surface area contributed by atoms with Crippen LogP contribution in [0.4, 0.5) is 0 Å². The Bertz CT molecular complexity index is 1140. The van der Waals surface area contributed by atoms with Crippen LogP contribution in [0.15, 0.2) is 73.2 Å². The van der Waals surface area contributed by atoms with Gasteiger partial charge >= 0.3 is 0 Å². The van der Waals surface area contributed by atoms with Gasteiger partial charge in [0, 0.05) is 37.5 Å². The van der Waals surface area contributed by atoms with Gasteiger partial charge in [-0.3, -0.25) is 9.78 Å². The van der Waals surface area contributed by atoms with E-state index in [-0.39, 0.29) is 5.91 Å². The van der Waals surface area contributed by atoms with Gasteiger partial charge in [0.05, 0.1) is 12.8 Å². The molecule has 1 amide bonds. The Morgan fingerprint density at radius 3 is 2.58 bits per heavy atom. The molecule has 2 aromatic carbocycles. The molecule has 8 heteroatoms. The molecule has 0 saturated carbocycles. The fourth-order valence-corrected chi connectivity index (χ4v) is 3.25.